The zero-order valence-electron chi connectivity index (χ0n) is 17.9. The number of carbonyl (C=O) groups excluding carboxylic acids is 2. The van der Waals surface area contributed by atoms with E-state index in [1.165, 1.54) is 11.9 Å². The van der Waals surface area contributed by atoms with Gasteiger partial charge >= 0.3 is 0 Å². The van der Waals surface area contributed by atoms with Crippen LogP contribution in [-0.4, -0.2) is 61.9 Å². The van der Waals surface area contributed by atoms with Crippen molar-refractivity contribution >= 4 is 33.4 Å². The highest BCUT2D eigenvalue weighted by Gasteiger charge is 2.28. The van der Waals surface area contributed by atoms with Gasteiger partial charge in [0.1, 0.15) is 6.04 Å². The fourth-order valence-corrected chi connectivity index (χ4v) is 3.36. The van der Waals surface area contributed by atoms with Crippen molar-refractivity contribution in [2.24, 2.45) is 0 Å². The van der Waals surface area contributed by atoms with Gasteiger partial charge in [-0.1, -0.05) is 54.1 Å². The molecule has 0 fully saturated rings. The second-order valence-corrected chi connectivity index (χ2v) is 9.90. The summed E-state index contributed by atoms with van der Waals surface area (Å²) in [5.74, 6) is -0.770. The molecular formula is C22H28ClN3O4S. The molecule has 2 aromatic rings. The summed E-state index contributed by atoms with van der Waals surface area (Å²) in [6, 6.07) is 15.9. The summed E-state index contributed by atoms with van der Waals surface area (Å²) in [5.41, 5.74) is 1.88. The molecule has 1 N–H and O–H groups in total. The van der Waals surface area contributed by atoms with Crippen LogP contribution in [0.3, 0.4) is 0 Å². The van der Waals surface area contributed by atoms with Gasteiger partial charge in [-0.05, 0) is 36.6 Å². The Balaban J connectivity index is 2.10. The topological polar surface area (TPSA) is 86.8 Å². The molecule has 168 valence electrons. The van der Waals surface area contributed by atoms with Crippen LogP contribution in [0.25, 0.3) is 0 Å². The normalized spacial score (nSPS) is 12.4. The van der Waals surface area contributed by atoms with E-state index >= 15 is 0 Å². The predicted molar refractivity (Wildman–Crippen MR) is 122 cm³/mol. The second-order valence-electron chi connectivity index (χ2n) is 7.37. The van der Waals surface area contributed by atoms with Crippen LogP contribution in [0.1, 0.15) is 18.1 Å². The summed E-state index contributed by atoms with van der Waals surface area (Å²) in [5, 5.41) is 3.42. The van der Waals surface area contributed by atoms with E-state index in [1.807, 2.05) is 30.3 Å². The molecule has 2 rings (SSSR count). The van der Waals surface area contributed by atoms with Crippen molar-refractivity contribution in [3.8, 4) is 0 Å². The van der Waals surface area contributed by atoms with Gasteiger partial charge in [-0.15, -0.1) is 0 Å². The van der Waals surface area contributed by atoms with E-state index in [0.717, 1.165) is 21.7 Å². The van der Waals surface area contributed by atoms with Gasteiger partial charge in [-0.25, -0.2) is 8.42 Å². The van der Waals surface area contributed by atoms with Gasteiger partial charge in [0, 0.05) is 25.2 Å². The number of sulfonamides is 1. The number of rotatable bonds is 10. The Kier molecular flexibility index (Phi) is 9.03. The number of hydrogen-bond donors (Lipinski definition) is 1. The zero-order valence-corrected chi connectivity index (χ0v) is 19.5. The highest BCUT2D eigenvalue weighted by molar-refractivity contribution is 7.88. The number of amides is 2. The number of nitrogens with zero attached hydrogens (tertiary/aromatic N) is 2. The standard InChI is InChI=1S/C22H28ClN3O4S/c1-17(22(28)24-14-13-18-7-5-4-6-8-18)26(15-19-9-11-20(23)12-10-19)21(27)16-25(2)31(3,29)30/h4-12,17H,13-16H2,1-3H3,(H,24,28). The number of nitrogens with one attached hydrogen (secondary N) is 1. The van der Waals surface area contributed by atoms with Crippen LogP contribution in [0, 0.1) is 0 Å². The van der Waals surface area contributed by atoms with Crippen LogP contribution in [-0.2, 0) is 32.6 Å². The van der Waals surface area contributed by atoms with Crippen LogP contribution in [0.15, 0.2) is 54.6 Å². The van der Waals surface area contributed by atoms with Crippen LogP contribution in [0.2, 0.25) is 5.02 Å². The van der Waals surface area contributed by atoms with E-state index in [0.29, 0.717) is 18.0 Å². The Labute approximate surface area is 189 Å². The molecule has 1 unspecified atom stereocenters. The van der Waals surface area contributed by atoms with E-state index in [2.05, 4.69) is 5.32 Å². The third-order valence-corrected chi connectivity index (χ3v) is 6.43. The molecular weight excluding hydrogens is 438 g/mol. The summed E-state index contributed by atoms with van der Waals surface area (Å²) in [4.78, 5) is 27.1. The van der Waals surface area contributed by atoms with Crippen LogP contribution >= 0.6 is 11.6 Å². The van der Waals surface area contributed by atoms with Gasteiger partial charge in [-0.3, -0.25) is 9.59 Å². The number of halogens is 1. The SMILES string of the molecule is CC(C(=O)NCCc1ccccc1)N(Cc1ccc(Cl)cc1)C(=O)CN(C)S(C)(=O)=O. The molecule has 0 aromatic heterocycles. The molecule has 0 spiro atoms. The lowest BCUT2D eigenvalue weighted by Crippen LogP contribution is -2.50. The van der Waals surface area contributed by atoms with Crippen molar-refractivity contribution in [1.82, 2.24) is 14.5 Å². The summed E-state index contributed by atoms with van der Waals surface area (Å²) in [6.45, 7) is 1.86. The minimum absolute atomic E-state index is 0.154. The Hall–Kier alpha value is -2.42. The van der Waals surface area contributed by atoms with Crippen molar-refractivity contribution in [3.05, 3.63) is 70.7 Å². The molecule has 2 amide bonds. The van der Waals surface area contributed by atoms with Gasteiger partial charge in [0.2, 0.25) is 21.8 Å². The quantitative estimate of drug-likeness (QED) is 0.583. The first-order chi connectivity index (χ1) is 14.6. The molecule has 0 aliphatic carbocycles. The number of carbonyl (C=O) groups is 2. The fraction of sp³-hybridized carbons (Fsp3) is 0.364. The Morgan fingerprint density at radius 1 is 1.03 bits per heavy atom. The predicted octanol–water partition coefficient (Wildman–Crippen LogP) is 2.31. The lowest BCUT2D eigenvalue weighted by atomic mass is 10.1. The molecule has 7 nitrogen and oxygen atoms in total. The summed E-state index contributed by atoms with van der Waals surface area (Å²) in [7, 11) is -2.20. The summed E-state index contributed by atoms with van der Waals surface area (Å²) < 4.78 is 24.4. The van der Waals surface area contributed by atoms with Crippen molar-refractivity contribution in [1.29, 1.82) is 0 Å². The van der Waals surface area contributed by atoms with Gasteiger partial charge < -0.3 is 10.2 Å². The Bertz CT molecular complexity index is 982. The van der Waals surface area contributed by atoms with Crippen molar-refractivity contribution in [2.45, 2.75) is 25.9 Å². The average molecular weight is 466 g/mol. The summed E-state index contributed by atoms with van der Waals surface area (Å²) >= 11 is 5.93. The van der Waals surface area contributed by atoms with E-state index < -0.39 is 22.0 Å². The van der Waals surface area contributed by atoms with Crippen molar-refractivity contribution in [2.75, 3.05) is 26.4 Å². The van der Waals surface area contributed by atoms with Crippen molar-refractivity contribution in [3.63, 3.8) is 0 Å². The lowest BCUT2D eigenvalue weighted by Gasteiger charge is -2.30. The monoisotopic (exact) mass is 465 g/mol. The molecule has 0 heterocycles. The minimum atomic E-state index is -3.53. The first-order valence-corrected chi connectivity index (χ1v) is 12.1. The molecule has 0 aliphatic heterocycles. The van der Waals surface area contributed by atoms with Crippen LogP contribution < -0.4 is 5.32 Å². The highest BCUT2D eigenvalue weighted by Crippen LogP contribution is 2.14. The maximum atomic E-state index is 12.9. The molecule has 31 heavy (non-hydrogen) atoms. The average Bonchev–Trinajstić information content (AvgIpc) is 2.72. The van der Waals surface area contributed by atoms with E-state index in [-0.39, 0.29) is 19.0 Å². The summed E-state index contributed by atoms with van der Waals surface area (Å²) in [6.07, 6.45) is 1.70. The smallest absolute Gasteiger partial charge is 0.242 e. The van der Waals surface area contributed by atoms with Crippen LogP contribution in [0.5, 0.6) is 0 Å². The first-order valence-electron chi connectivity index (χ1n) is 9.85. The molecule has 0 saturated heterocycles. The molecule has 2 aromatic carbocycles. The minimum Gasteiger partial charge on any atom is -0.354 e. The number of benzene rings is 2. The Morgan fingerprint density at radius 2 is 1.65 bits per heavy atom. The zero-order chi connectivity index (χ0) is 23.0. The molecule has 0 saturated carbocycles. The second kappa shape index (κ2) is 11.3. The van der Waals surface area contributed by atoms with E-state index in [9.17, 15) is 18.0 Å². The molecule has 1 atom stereocenters. The number of likely N-dealkylation sites (N-methyl/N-ethyl adjacent to an activating group) is 1. The van der Waals surface area contributed by atoms with E-state index in [1.54, 1.807) is 31.2 Å². The third-order valence-electron chi connectivity index (χ3n) is 4.91. The Morgan fingerprint density at radius 3 is 2.23 bits per heavy atom. The van der Waals surface area contributed by atoms with Crippen LogP contribution in [0.4, 0.5) is 0 Å². The fourth-order valence-electron chi connectivity index (χ4n) is 2.89. The molecule has 0 aliphatic rings. The maximum absolute atomic E-state index is 12.9. The van der Waals surface area contributed by atoms with Gasteiger partial charge in [-0.2, -0.15) is 4.31 Å². The lowest BCUT2D eigenvalue weighted by molar-refractivity contribution is -0.140. The maximum Gasteiger partial charge on any atom is 0.242 e. The highest BCUT2D eigenvalue weighted by atomic mass is 35.5. The number of hydrogen-bond acceptors (Lipinski definition) is 4. The largest absolute Gasteiger partial charge is 0.354 e. The molecule has 0 radical (unpaired) electrons. The van der Waals surface area contributed by atoms with Gasteiger partial charge in [0.15, 0.2) is 0 Å². The third kappa shape index (κ3) is 7.97. The van der Waals surface area contributed by atoms with Gasteiger partial charge in [0.05, 0.1) is 12.8 Å². The molecule has 9 heteroatoms. The van der Waals surface area contributed by atoms with Crippen molar-refractivity contribution < 1.29 is 18.0 Å². The first kappa shape index (κ1) is 24.8. The van der Waals surface area contributed by atoms with E-state index in [4.69, 9.17) is 11.6 Å². The molecule has 0 bridgehead atoms. The van der Waals surface area contributed by atoms with Gasteiger partial charge in [0.25, 0.3) is 0 Å².